The summed E-state index contributed by atoms with van der Waals surface area (Å²) >= 11 is 0. The molecule has 112 valence electrons. The Morgan fingerprint density at radius 2 is 2.00 bits per heavy atom. The zero-order valence-electron chi connectivity index (χ0n) is 13.0. The fourth-order valence-corrected chi connectivity index (χ4v) is 3.00. The normalized spacial score (nSPS) is 26.6. The second-order valence-electron chi connectivity index (χ2n) is 5.85. The minimum absolute atomic E-state index is 0.351. The third-order valence-corrected chi connectivity index (χ3v) is 4.60. The standard InChI is InChI=1S/C15H26N4O/c1-5-12-11(3)13(19-16)18-14(17-12)15(20-4)8-6-10(2)7-9-15/h10H,5-9,16H2,1-4H3,(H,17,18,19). The molecule has 1 aromatic heterocycles. The highest BCUT2D eigenvalue weighted by Gasteiger charge is 2.39. The van der Waals surface area contributed by atoms with Gasteiger partial charge in [0, 0.05) is 18.4 Å². The van der Waals surface area contributed by atoms with Gasteiger partial charge in [-0.1, -0.05) is 13.8 Å². The number of methoxy groups -OCH3 is 1. The molecule has 1 heterocycles. The number of aryl methyl sites for hydroxylation is 1. The van der Waals surface area contributed by atoms with Gasteiger partial charge in [-0.2, -0.15) is 0 Å². The zero-order valence-corrected chi connectivity index (χ0v) is 13.0. The van der Waals surface area contributed by atoms with E-state index in [0.29, 0.717) is 5.82 Å². The topological polar surface area (TPSA) is 73.1 Å². The van der Waals surface area contributed by atoms with Gasteiger partial charge in [-0.15, -0.1) is 0 Å². The molecule has 2 rings (SSSR count). The van der Waals surface area contributed by atoms with Crippen molar-refractivity contribution in [1.29, 1.82) is 0 Å². The number of hydrogen-bond donors (Lipinski definition) is 2. The molecule has 1 aliphatic rings. The fraction of sp³-hybridized carbons (Fsp3) is 0.733. The third-order valence-electron chi connectivity index (χ3n) is 4.60. The van der Waals surface area contributed by atoms with Crippen molar-refractivity contribution in [3.05, 3.63) is 17.1 Å². The van der Waals surface area contributed by atoms with E-state index in [1.807, 2.05) is 6.92 Å². The molecule has 1 saturated carbocycles. The summed E-state index contributed by atoms with van der Waals surface area (Å²) < 4.78 is 5.86. The maximum Gasteiger partial charge on any atom is 0.162 e. The van der Waals surface area contributed by atoms with Crippen molar-refractivity contribution in [2.75, 3.05) is 12.5 Å². The van der Waals surface area contributed by atoms with Crippen molar-refractivity contribution in [2.45, 2.75) is 58.5 Å². The number of rotatable bonds is 4. The van der Waals surface area contributed by atoms with Crippen LogP contribution in [0.5, 0.6) is 0 Å². The van der Waals surface area contributed by atoms with E-state index in [1.54, 1.807) is 7.11 Å². The molecule has 0 radical (unpaired) electrons. The summed E-state index contributed by atoms with van der Waals surface area (Å²) in [6.07, 6.45) is 5.11. The molecule has 0 bridgehead atoms. The van der Waals surface area contributed by atoms with Gasteiger partial charge >= 0.3 is 0 Å². The number of nitrogens with zero attached hydrogens (tertiary/aromatic N) is 2. The smallest absolute Gasteiger partial charge is 0.162 e. The first kappa shape index (κ1) is 15.2. The predicted molar refractivity (Wildman–Crippen MR) is 80.3 cm³/mol. The first-order valence-corrected chi connectivity index (χ1v) is 7.46. The average molecular weight is 278 g/mol. The number of nitrogens with two attached hydrogens (primary N) is 1. The number of nitrogen functional groups attached to an aromatic ring is 1. The van der Waals surface area contributed by atoms with Crippen LogP contribution in [0.2, 0.25) is 0 Å². The van der Waals surface area contributed by atoms with E-state index >= 15 is 0 Å². The summed E-state index contributed by atoms with van der Waals surface area (Å²) in [4.78, 5) is 9.38. The van der Waals surface area contributed by atoms with Gasteiger partial charge in [0.15, 0.2) is 5.82 Å². The van der Waals surface area contributed by atoms with Gasteiger partial charge in [-0.05, 0) is 44.9 Å². The van der Waals surface area contributed by atoms with Crippen LogP contribution in [0.4, 0.5) is 5.82 Å². The second-order valence-corrected chi connectivity index (χ2v) is 5.85. The number of nitrogens with one attached hydrogen (secondary N) is 1. The monoisotopic (exact) mass is 278 g/mol. The molecule has 0 unspecified atom stereocenters. The van der Waals surface area contributed by atoms with Crippen molar-refractivity contribution < 1.29 is 4.74 Å². The Kier molecular flexibility index (Phi) is 4.60. The van der Waals surface area contributed by atoms with Crippen LogP contribution in [-0.2, 0) is 16.8 Å². The Morgan fingerprint density at radius 1 is 1.35 bits per heavy atom. The first-order chi connectivity index (χ1) is 9.56. The van der Waals surface area contributed by atoms with Crippen LogP contribution < -0.4 is 11.3 Å². The lowest BCUT2D eigenvalue weighted by molar-refractivity contribution is -0.0597. The van der Waals surface area contributed by atoms with E-state index in [0.717, 1.165) is 55.1 Å². The van der Waals surface area contributed by atoms with E-state index in [4.69, 9.17) is 15.6 Å². The molecule has 5 heteroatoms. The molecule has 1 aliphatic carbocycles. The Bertz CT molecular complexity index is 442. The summed E-state index contributed by atoms with van der Waals surface area (Å²) in [5.41, 5.74) is 4.40. The number of aromatic nitrogens is 2. The van der Waals surface area contributed by atoms with Crippen LogP contribution >= 0.6 is 0 Å². The first-order valence-electron chi connectivity index (χ1n) is 7.46. The highest BCUT2D eigenvalue weighted by molar-refractivity contribution is 5.45. The van der Waals surface area contributed by atoms with Crippen molar-refractivity contribution in [2.24, 2.45) is 11.8 Å². The molecule has 0 amide bonds. The van der Waals surface area contributed by atoms with Gasteiger partial charge in [-0.3, -0.25) is 0 Å². The summed E-state index contributed by atoms with van der Waals surface area (Å²) in [5, 5.41) is 0. The molecule has 20 heavy (non-hydrogen) atoms. The van der Waals surface area contributed by atoms with Gasteiger partial charge in [-0.25, -0.2) is 15.8 Å². The van der Waals surface area contributed by atoms with E-state index in [2.05, 4.69) is 24.3 Å². The molecule has 0 aromatic carbocycles. The lowest BCUT2D eigenvalue weighted by Gasteiger charge is -2.37. The summed E-state index contributed by atoms with van der Waals surface area (Å²) in [5.74, 6) is 7.84. The molecule has 0 aliphatic heterocycles. The molecule has 0 atom stereocenters. The molecule has 5 nitrogen and oxygen atoms in total. The maximum atomic E-state index is 5.86. The fourth-order valence-electron chi connectivity index (χ4n) is 3.00. The van der Waals surface area contributed by atoms with Crippen molar-refractivity contribution >= 4 is 5.82 Å². The van der Waals surface area contributed by atoms with E-state index in [-0.39, 0.29) is 5.60 Å². The molecule has 1 fully saturated rings. The SMILES string of the molecule is CCc1nc(C2(OC)CCC(C)CC2)nc(NN)c1C. The van der Waals surface area contributed by atoms with Crippen LogP contribution in [0.25, 0.3) is 0 Å². The second kappa shape index (κ2) is 6.06. The minimum atomic E-state index is -0.351. The third kappa shape index (κ3) is 2.65. The van der Waals surface area contributed by atoms with Crippen molar-refractivity contribution in [3.8, 4) is 0 Å². The molecular formula is C15H26N4O. The van der Waals surface area contributed by atoms with Gasteiger partial charge in [0.05, 0.1) is 0 Å². The quantitative estimate of drug-likeness (QED) is 0.654. The molecule has 1 aromatic rings. The van der Waals surface area contributed by atoms with Gasteiger partial charge in [0.25, 0.3) is 0 Å². The molecule has 3 N–H and O–H groups in total. The number of hydrogen-bond acceptors (Lipinski definition) is 5. The van der Waals surface area contributed by atoms with Crippen molar-refractivity contribution in [3.63, 3.8) is 0 Å². The van der Waals surface area contributed by atoms with Crippen LogP contribution in [0.1, 0.15) is 56.6 Å². The Labute approximate surface area is 121 Å². The van der Waals surface area contributed by atoms with Crippen LogP contribution in [0.15, 0.2) is 0 Å². The summed E-state index contributed by atoms with van der Waals surface area (Å²) in [6.45, 7) is 6.39. The molecule has 0 saturated heterocycles. The minimum Gasteiger partial charge on any atom is -0.370 e. The van der Waals surface area contributed by atoms with E-state index < -0.39 is 0 Å². The average Bonchev–Trinajstić information content (AvgIpc) is 2.49. The Balaban J connectivity index is 2.44. The predicted octanol–water partition coefficient (Wildman–Crippen LogP) is 2.68. The van der Waals surface area contributed by atoms with Crippen LogP contribution in [0.3, 0.4) is 0 Å². The number of ether oxygens (including phenoxy) is 1. The van der Waals surface area contributed by atoms with Crippen molar-refractivity contribution in [1.82, 2.24) is 9.97 Å². The largest absolute Gasteiger partial charge is 0.370 e. The Morgan fingerprint density at radius 3 is 2.50 bits per heavy atom. The highest BCUT2D eigenvalue weighted by atomic mass is 16.5. The number of hydrazine groups is 1. The van der Waals surface area contributed by atoms with Gasteiger partial charge < -0.3 is 10.2 Å². The molecule has 0 spiro atoms. The lowest BCUT2D eigenvalue weighted by atomic mass is 9.79. The lowest BCUT2D eigenvalue weighted by Crippen LogP contribution is -2.36. The van der Waals surface area contributed by atoms with Gasteiger partial charge in [0.2, 0.25) is 0 Å². The van der Waals surface area contributed by atoms with E-state index in [9.17, 15) is 0 Å². The number of anilines is 1. The van der Waals surface area contributed by atoms with Crippen LogP contribution in [-0.4, -0.2) is 17.1 Å². The summed E-state index contributed by atoms with van der Waals surface area (Å²) in [7, 11) is 1.76. The Hall–Kier alpha value is -1.20. The maximum absolute atomic E-state index is 5.86. The van der Waals surface area contributed by atoms with Gasteiger partial charge in [0.1, 0.15) is 11.4 Å². The summed E-state index contributed by atoms with van der Waals surface area (Å²) in [6, 6.07) is 0. The zero-order chi connectivity index (χ0) is 14.8. The molecular weight excluding hydrogens is 252 g/mol. The van der Waals surface area contributed by atoms with E-state index in [1.165, 1.54) is 0 Å². The highest BCUT2D eigenvalue weighted by Crippen LogP contribution is 2.41. The van der Waals surface area contributed by atoms with Crippen LogP contribution in [0, 0.1) is 12.8 Å².